The lowest BCUT2D eigenvalue weighted by molar-refractivity contribution is -0.136. The number of hydrogen-bond donors (Lipinski definition) is 1. The summed E-state index contributed by atoms with van der Waals surface area (Å²) in [6.45, 7) is 1.56. The van der Waals surface area contributed by atoms with Crippen molar-refractivity contribution in [3.8, 4) is 11.5 Å². The van der Waals surface area contributed by atoms with Gasteiger partial charge in [0.2, 0.25) is 12.7 Å². The minimum Gasteiger partial charge on any atom is -0.454 e. The van der Waals surface area contributed by atoms with E-state index >= 15 is 0 Å². The van der Waals surface area contributed by atoms with Crippen molar-refractivity contribution >= 4 is 29.4 Å². The van der Waals surface area contributed by atoms with E-state index in [-0.39, 0.29) is 25.1 Å². The maximum Gasteiger partial charge on any atom is 0.331 e. The van der Waals surface area contributed by atoms with E-state index in [0.717, 1.165) is 5.56 Å². The summed E-state index contributed by atoms with van der Waals surface area (Å²) in [6, 6.07) is 11.7. The number of carbonyl (C=O) groups excluding carboxylic acids is 3. The molecular formula is C21H19NO6. The van der Waals surface area contributed by atoms with Gasteiger partial charge in [-0.25, -0.2) is 4.79 Å². The van der Waals surface area contributed by atoms with E-state index in [0.29, 0.717) is 29.2 Å². The number of Topliss-reactive ketones (excluding diaryl/α,β-unsaturated/α-hetero) is 1. The van der Waals surface area contributed by atoms with E-state index in [1.165, 1.54) is 6.08 Å². The van der Waals surface area contributed by atoms with E-state index in [1.54, 1.807) is 55.5 Å². The van der Waals surface area contributed by atoms with Gasteiger partial charge in [0.15, 0.2) is 23.9 Å². The monoisotopic (exact) mass is 381 g/mol. The maximum atomic E-state index is 12.1. The van der Waals surface area contributed by atoms with Crippen LogP contribution in [0.4, 0.5) is 5.69 Å². The summed E-state index contributed by atoms with van der Waals surface area (Å²) in [4.78, 5) is 35.3. The number of anilines is 1. The molecule has 144 valence electrons. The minimum absolute atomic E-state index is 0.109. The van der Waals surface area contributed by atoms with Crippen LogP contribution in [0.3, 0.4) is 0 Å². The van der Waals surface area contributed by atoms with Gasteiger partial charge >= 0.3 is 5.97 Å². The van der Waals surface area contributed by atoms with Crippen molar-refractivity contribution in [2.24, 2.45) is 0 Å². The number of fused-ring (bicyclic) bond motifs is 1. The third-order valence-electron chi connectivity index (χ3n) is 3.97. The molecule has 0 aromatic heterocycles. The number of nitrogens with one attached hydrogen (secondary N) is 1. The smallest absolute Gasteiger partial charge is 0.331 e. The van der Waals surface area contributed by atoms with Crippen LogP contribution in [0.5, 0.6) is 11.5 Å². The zero-order valence-electron chi connectivity index (χ0n) is 15.3. The average molecular weight is 381 g/mol. The number of esters is 1. The second-order valence-electron chi connectivity index (χ2n) is 5.96. The molecule has 3 rings (SSSR count). The van der Waals surface area contributed by atoms with Crippen molar-refractivity contribution in [3.05, 3.63) is 59.7 Å². The number of benzene rings is 2. The van der Waals surface area contributed by atoms with E-state index in [2.05, 4.69) is 5.32 Å². The molecule has 0 radical (unpaired) electrons. The Hall–Kier alpha value is -3.61. The van der Waals surface area contributed by atoms with Gasteiger partial charge in [0, 0.05) is 23.7 Å². The van der Waals surface area contributed by atoms with Gasteiger partial charge in [-0.15, -0.1) is 0 Å². The number of ketones is 1. The molecule has 7 nitrogen and oxygen atoms in total. The molecule has 0 unspecified atom stereocenters. The molecule has 1 N–H and O–H groups in total. The first-order valence-electron chi connectivity index (χ1n) is 8.73. The lowest BCUT2D eigenvalue weighted by Gasteiger charge is -2.05. The summed E-state index contributed by atoms with van der Waals surface area (Å²) in [5.41, 5.74) is 1.74. The summed E-state index contributed by atoms with van der Waals surface area (Å²) in [6.07, 6.45) is 3.19. The first-order valence-corrected chi connectivity index (χ1v) is 8.73. The Labute approximate surface area is 161 Å². The largest absolute Gasteiger partial charge is 0.454 e. The van der Waals surface area contributed by atoms with Gasteiger partial charge < -0.3 is 19.5 Å². The van der Waals surface area contributed by atoms with Crippen LogP contribution in [0.25, 0.3) is 6.08 Å². The number of amides is 1. The predicted molar refractivity (Wildman–Crippen MR) is 102 cm³/mol. The SMILES string of the molecule is CCC(=O)Nc1ccc(C(=O)COC(=O)C=Cc2ccc3c(c2)OCO3)cc1. The Morgan fingerprint density at radius 2 is 1.82 bits per heavy atom. The maximum absolute atomic E-state index is 12.1. The molecule has 1 heterocycles. The normalized spacial score (nSPS) is 12.0. The van der Waals surface area contributed by atoms with Crippen LogP contribution in [0.15, 0.2) is 48.5 Å². The van der Waals surface area contributed by atoms with E-state index in [4.69, 9.17) is 14.2 Å². The van der Waals surface area contributed by atoms with Crippen LogP contribution in [-0.2, 0) is 14.3 Å². The second kappa shape index (κ2) is 8.85. The molecule has 2 aromatic carbocycles. The molecule has 28 heavy (non-hydrogen) atoms. The number of carbonyl (C=O) groups is 3. The fraction of sp³-hybridized carbons (Fsp3) is 0.190. The van der Waals surface area contributed by atoms with Crippen molar-refractivity contribution < 1.29 is 28.6 Å². The van der Waals surface area contributed by atoms with Gasteiger partial charge in [0.1, 0.15) is 0 Å². The molecule has 1 aliphatic rings. The lowest BCUT2D eigenvalue weighted by atomic mass is 10.1. The zero-order valence-corrected chi connectivity index (χ0v) is 15.3. The van der Waals surface area contributed by atoms with E-state index in [1.807, 2.05) is 0 Å². The van der Waals surface area contributed by atoms with Crippen LogP contribution < -0.4 is 14.8 Å². The fourth-order valence-corrected chi connectivity index (χ4v) is 2.44. The highest BCUT2D eigenvalue weighted by atomic mass is 16.7. The number of rotatable bonds is 7. The number of ether oxygens (including phenoxy) is 3. The zero-order chi connectivity index (χ0) is 19.9. The molecule has 7 heteroatoms. The van der Waals surface area contributed by atoms with Gasteiger partial charge in [-0.05, 0) is 48.0 Å². The Balaban J connectivity index is 1.50. The van der Waals surface area contributed by atoms with Crippen molar-refractivity contribution in [1.29, 1.82) is 0 Å². The summed E-state index contributed by atoms with van der Waals surface area (Å²) in [7, 11) is 0. The molecule has 1 aliphatic heterocycles. The Morgan fingerprint density at radius 1 is 1.07 bits per heavy atom. The molecule has 0 bridgehead atoms. The highest BCUT2D eigenvalue weighted by Gasteiger charge is 2.13. The molecule has 0 saturated heterocycles. The first-order chi connectivity index (χ1) is 13.5. The highest BCUT2D eigenvalue weighted by molar-refractivity contribution is 5.99. The summed E-state index contributed by atoms with van der Waals surface area (Å²) >= 11 is 0. The quantitative estimate of drug-likeness (QED) is 0.450. The van der Waals surface area contributed by atoms with Crippen LogP contribution in [-0.4, -0.2) is 31.1 Å². The number of hydrogen-bond acceptors (Lipinski definition) is 6. The van der Waals surface area contributed by atoms with Crippen LogP contribution >= 0.6 is 0 Å². The van der Waals surface area contributed by atoms with Gasteiger partial charge in [0.25, 0.3) is 0 Å². The standard InChI is InChI=1S/C21H19NO6/c1-2-20(24)22-16-7-5-15(6-8-16)17(23)12-26-21(25)10-4-14-3-9-18-19(11-14)28-13-27-18/h3-11H,2,12-13H2,1H3,(H,22,24). The van der Waals surface area contributed by atoms with Crippen molar-refractivity contribution in [2.45, 2.75) is 13.3 Å². The van der Waals surface area contributed by atoms with Crippen LogP contribution in [0.2, 0.25) is 0 Å². The molecule has 0 spiro atoms. The summed E-state index contributed by atoms with van der Waals surface area (Å²) in [5, 5.41) is 2.69. The van der Waals surface area contributed by atoms with Crippen molar-refractivity contribution in [2.75, 3.05) is 18.7 Å². The van der Waals surface area contributed by atoms with E-state index < -0.39 is 5.97 Å². The van der Waals surface area contributed by atoms with Gasteiger partial charge in [-0.3, -0.25) is 9.59 Å². The van der Waals surface area contributed by atoms with Crippen molar-refractivity contribution in [3.63, 3.8) is 0 Å². The molecule has 0 aliphatic carbocycles. The highest BCUT2D eigenvalue weighted by Crippen LogP contribution is 2.32. The average Bonchev–Trinajstić information content (AvgIpc) is 3.18. The molecule has 0 atom stereocenters. The topological polar surface area (TPSA) is 90.9 Å². The van der Waals surface area contributed by atoms with Gasteiger partial charge in [-0.1, -0.05) is 13.0 Å². The first kappa shape index (κ1) is 19.2. The van der Waals surface area contributed by atoms with Gasteiger partial charge in [-0.2, -0.15) is 0 Å². The van der Waals surface area contributed by atoms with Crippen LogP contribution in [0, 0.1) is 0 Å². The lowest BCUT2D eigenvalue weighted by Crippen LogP contribution is -2.13. The molecular weight excluding hydrogens is 362 g/mol. The third kappa shape index (κ3) is 4.97. The minimum atomic E-state index is -0.627. The molecule has 1 amide bonds. The molecule has 2 aromatic rings. The predicted octanol–water partition coefficient (Wildman–Crippen LogP) is 3.20. The third-order valence-corrected chi connectivity index (χ3v) is 3.97. The summed E-state index contributed by atoms with van der Waals surface area (Å²) in [5.74, 6) is 0.202. The van der Waals surface area contributed by atoms with Crippen LogP contribution in [0.1, 0.15) is 29.3 Å². The van der Waals surface area contributed by atoms with Crippen molar-refractivity contribution in [1.82, 2.24) is 0 Å². The fourth-order valence-electron chi connectivity index (χ4n) is 2.44. The Morgan fingerprint density at radius 3 is 2.57 bits per heavy atom. The Kier molecular flexibility index (Phi) is 6.06. The Bertz CT molecular complexity index is 917. The molecule has 0 fully saturated rings. The second-order valence-corrected chi connectivity index (χ2v) is 5.96. The summed E-state index contributed by atoms with van der Waals surface area (Å²) < 4.78 is 15.5. The molecule has 0 saturated carbocycles. The van der Waals surface area contributed by atoms with Gasteiger partial charge in [0.05, 0.1) is 0 Å². The van der Waals surface area contributed by atoms with E-state index in [9.17, 15) is 14.4 Å².